The number of nitrogens with zero attached hydrogens (tertiary/aromatic N) is 1. The molecule has 0 fully saturated rings. The van der Waals surface area contributed by atoms with Gasteiger partial charge in [-0.1, -0.05) is 57.5 Å². The molecule has 1 rings (SSSR count). The van der Waals surface area contributed by atoms with Crippen molar-refractivity contribution in [3.63, 3.8) is 0 Å². The summed E-state index contributed by atoms with van der Waals surface area (Å²) in [5, 5.41) is 0. The molecule has 0 saturated heterocycles. The normalized spacial score (nSPS) is 13.5. The minimum atomic E-state index is 0.330. The van der Waals surface area contributed by atoms with Crippen molar-refractivity contribution in [1.82, 2.24) is 0 Å². The molecule has 0 bridgehead atoms. The van der Waals surface area contributed by atoms with Gasteiger partial charge in [0.25, 0.3) is 0 Å². The molecule has 21 heavy (non-hydrogen) atoms. The van der Waals surface area contributed by atoms with Crippen LogP contribution in [0.4, 0.5) is 0 Å². The van der Waals surface area contributed by atoms with Gasteiger partial charge in [0.05, 0.1) is 18.9 Å². The molecule has 3 heteroatoms. The Morgan fingerprint density at radius 3 is 2.43 bits per heavy atom. The smallest absolute Gasteiger partial charge is 0.0853 e. The second kappa shape index (κ2) is 9.35. The molecule has 116 valence electrons. The molecule has 2 N–H and O–H groups in total. The van der Waals surface area contributed by atoms with Gasteiger partial charge in [0.15, 0.2) is 0 Å². The summed E-state index contributed by atoms with van der Waals surface area (Å²) in [6.07, 6.45) is 2.00. The minimum absolute atomic E-state index is 0.330. The topological polar surface area (TPSA) is 47.6 Å². The number of ether oxygens (including phenoxy) is 1. The average Bonchev–Trinajstić information content (AvgIpc) is 2.45. The predicted molar refractivity (Wildman–Crippen MR) is 90.2 cm³/mol. The van der Waals surface area contributed by atoms with Crippen molar-refractivity contribution < 1.29 is 4.74 Å². The molecule has 0 aliphatic heterocycles. The summed E-state index contributed by atoms with van der Waals surface area (Å²) in [5.74, 6) is 0.330. The predicted octanol–water partition coefficient (Wildman–Crippen LogP) is 4.29. The molecule has 0 unspecified atom stereocenters. The van der Waals surface area contributed by atoms with Crippen LogP contribution in [0, 0.1) is 5.92 Å². The van der Waals surface area contributed by atoms with Gasteiger partial charge in [-0.15, -0.1) is 0 Å². The van der Waals surface area contributed by atoms with Crippen molar-refractivity contribution in [2.45, 2.75) is 47.1 Å². The van der Waals surface area contributed by atoms with Crippen LogP contribution >= 0.6 is 0 Å². The first kappa shape index (κ1) is 17.4. The first-order chi connectivity index (χ1) is 10.0. The van der Waals surface area contributed by atoms with Crippen molar-refractivity contribution in [3.05, 3.63) is 47.3 Å². The Morgan fingerprint density at radius 1 is 1.24 bits per heavy atom. The second-order valence-corrected chi connectivity index (χ2v) is 5.63. The van der Waals surface area contributed by atoms with E-state index in [1.54, 1.807) is 0 Å². The zero-order chi connectivity index (χ0) is 15.7. The first-order valence-electron chi connectivity index (χ1n) is 7.69. The lowest BCUT2D eigenvalue weighted by molar-refractivity contribution is 0.157. The van der Waals surface area contributed by atoms with Crippen LogP contribution in [0.1, 0.15) is 46.1 Å². The van der Waals surface area contributed by atoms with E-state index < -0.39 is 0 Å². The zero-order valence-electron chi connectivity index (χ0n) is 13.7. The maximum absolute atomic E-state index is 5.93. The van der Waals surface area contributed by atoms with Gasteiger partial charge in [0, 0.05) is 11.4 Å². The number of hydrogen-bond donors (Lipinski definition) is 1. The molecule has 0 heterocycles. The molecule has 0 aliphatic carbocycles. The lowest BCUT2D eigenvalue weighted by atomic mass is 10.1. The number of rotatable bonds is 8. The summed E-state index contributed by atoms with van der Waals surface area (Å²) in [6.45, 7) is 9.47. The molecule has 0 atom stereocenters. The number of nitrogens with two attached hydrogens (primary N) is 1. The van der Waals surface area contributed by atoms with E-state index >= 15 is 0 Å². The fourth-order valence-electron chi connectivity index (χ4n) is 2.15. The Kier molecular flexibility index (Phi) is 7.76. The van der Waals surface area contributed by atoms with E-state index in [4.69, 9.17) is 15.5 Å². The third-order valence-electron chi connectivity index (χ3n) is 3.15. The summed E-state index contributed by atoms with van der Waals surface area (Å²) in [6, 6.07) is 10.2. The largest absolute Gasteiger partial charge is 0.401 e. The van der Waals surface area contributed by atoms with Gasteiger partial charge in [-0.3, -0.25) is 4.99 Å². The zero-order valence-corrected chi connectivity index (χ0v) is 13.7. The highest BCUT2D eigenvalue weighted by molar-refractivity contribution is 5.86. The summed E-state index contributed by atoms with van der Waals surface area (Å²) in [5.41, 5.74) is 9.96. The van der Waals surface area contributed by atoms with Crippen LogP contribution in [-0.4, -0.2) is 12.3 Å². The Hall–Kier alpha value is -1.61. The van der Waals surface area contributed by atoms with E-state index in [0.29, 0.717) is 19.1 Å². The number of aliphatic imine (C=N–C) groups is 1. The Bertz CT molecular complexity index is 471. The first-order valence-corrected chi connectivity index (χ1v) is 7.69. The van der Waals surface area contributed by atoms with E-state index in [0.717, 1.165) is 29.9 Å². The molecule has 3 nitrogen and oxygen atoms in total. The third-order valence-corrected chi connectivity index (χ3v) is 3.15. The van der Waals surface area contributed by atoms with Gasteiger partial charge in [-0.05, 0) is 24.8 Å². The molecular weight excluding hydrogens is 260 g/mol. The minimum Gasteiger partial charge on any atom is -0.401 e. The van der Waals surface area contributed by atoms with Crippen LogP contribution in [0.25, 0.3) is 0 Å². The second-order valence-electron chi connectivity index (χ2n) is 5.63. The van der Waals surface area contributed by atoms with Gasteiger partial charge in [-0.2, -0.15) is 0 Å². The summed E-state index contributed by atoms with van der Waals surface area (Å²) >= 11 is 0. The van der Waals surface area contributed by atoms with Gasteiger partial charge in [0.2, 0.25) is 0 Å². The van der Waals surface area contributed by atoms with Gasteiger partial charge >= 0.3 is 0 Å². The van der Waals surface area contributed by atoms with E-state index in [1.807, 2.05) is 25.1 Å². The molecular formula is C18H28N2O. The maximum atomic E-state index is 5.93. The van der Waals surface area contributed by atoms with Crippen LogP contribution < -0.4 is 5.73 Å². The molecule has 0 amide bonds. The molecule has 0 radical (unpaired) electrons. The maximum Gasteiger partial charge on any atom is 0.0853 e. The third kappa shape index (κ3) is 6.58. The van der Waals surface area contributed by atoms with Crippen molar-refractivity contribution in [2.24, 2.45) is 16.6 Å². The Labute approximate surface area is 128 Å². The van der Waals surface area contributed by atoms with E-state index in [-0.39, 0.29) is 0 Å². The molecule has 0 aromatic heterocycles. The van der Waals surface area contributed by atoms with E-state index in [1.165, 1.54) is 5.56 Å². The van der Waals surface area contributed by atoms with Crippen LogP contribution in [0.3, 0.4) is 0 Å². The van der Waals surface area contributed by atoms with Crippen molar-refractivity contribution in [1.29, 1.82) is 0 Å². The average molecular weight is 288 g/mol. The van der Waals surface area contributed by atoms with E-state index in [9.17, 15) is 0 Å². The van der Waals surface area contributed by atoms with Crippen LogP contribution in [0.2, 0.25) is 0 Å². The van der Waals surface area contributed by atoms with Gasteiger partial charge < -0.3 is 10.5 Å². The highest BCUT2D eigenvalue weighted by atomic mass is 16.5. The van der Waals surface area contributed by atoms with Gasteiger partial charge in [-0.25, -0.2) is 0 Å². The molecule has 1 aromatic rings. The lowest BCUT2D eigenvalue weighted by Crippen LogP contribution is -2.12. The molecule has 0 spiro atoms. The fraction of sp³-hybridized carbons (Fsp3) is 0.500. The highest BCUT2D eigenvalue weighted by Gasteiger charge is 2.07. The highest BCUT2D eigenvalue weighted by Crippen LogP contribution is 2.15. The molecule has 0 aliphatic rings. The molecule has 0 saturated carbocycles. The van der Waals surface area contributed by atoms with Crippen LogP contribution in [-0.2, 0) is 11.3 Å². The summed E-state index contributed by atoms with van der Waals surface area (Å²) in [7, 11) is 0. The summed E-state index contributed by atoms with van der Waals surface area (Å²) < 4.78 is 5.80. The monoisotopic (exact) mass is 288 g/mol. The number of hydrogen-bond acceptors (Lipinski definition) is 3. The Morgan fingerprint density at radius 2 is 1.90 bits per heavy atom. The summed E-state index contributed by atoms with van der Waals surface area (Å²) in [4.78, 5) is 4.74. The lowest BCUT2D eigenvalue weighted by Gasteiger charge is -2.12. The van der Waals surface area contributed by atoms with Crippen LogP contribution in [0.5, 0.6) is 0 Å². The van der Waals surface area contributed by atoms with Gasteiger partial charge in [0.1, 0.15) is 0 Å². The standard InChI is InChI=1S/C18H28N2O/c1-5-9-17(20-18(14(2)3)15(4)19)13-21-12-16-10-7-6-8-11-16/h6-8,10-11,14H,5,9,12-13,19H2,1-4H3/b18-15+,20-17?. The van der Waals surface area contributed by atoms with Crippen molar-refractivity contribution >= 4 is 5.71 Å². The van der Waals surface area contributed by atoms with Crippen LogP contribution in [0.15, 0.2) is 46.7 Å². The SMILES string of the molecule is CCCC(COCc1ccccc1)=N/C(=C(\C)N)C(C)C. The number of benzene rings is 1. The Balaban J connectivity index is 2.67. The van der Waals surface area contributed by atoms with Crippen molar-refractivity contribution in [2.75, 3.05) is 6.61 Å². The van der Waals surface area contributed by atoms with Crippen molar-refractivity contribution in [3.8, 4) is 0 Å². The molecule has 1 aromatic carbocycles. The fourth-order valence-corrected chi connectivity index (χ4v) is 2.15. The van der Waals surface area contributed by atoms with E-state index in [2.05, 4.69) is 32.9 Å². The quantitative estimate of drug-likeness (QED) is 0.725. The number of allylic oxidation sites excluding steroid dienone is 2.